The Morgan fingerprint density at radius 3 is 2.52 bits per heavy atom. The largest absolute Gasteiger partial charge is 0.385 e. The summed E-state index contributed by atoms with van der Waals surface area (Å²) < 4.78 is 0. The van der Waals surface area contributed by atoms with Gasteiger partial charge in [-0.3, -0.25) is 4.98 Å². The fourth-order valence-electron chi connectivity index (χ4n) is 2.64. The maximum Gasteiger partial charge on any atom is 0.0929 e. The third kappa shape index (κ3) is 2.92. The van der Waals surface area contributed by atoms with E-state index in [4.69, 9.17) is 11.6 Å². The van der Waals surface area contributed by atoms with Crippen LogP contribution >= 0.6 is 11.6 Å². The zero-order chi connectivity index (χ0) is 14.9. The Morgan fingerprint density at radius 2 is 1.76 bits per heavy atom. The van der Waals surface area contributed by atoms with Crippen LogP contribution in [0.15, 0.2) is 60.9 Å². The highest BCUT2D eigenvalue weighted by atomic mass is 35.5. The number of hydrogen-bond donors (Lipinski definition) is 1. The molecule has 3 aromatic rings. The maximum atomic E-state index is 10.9. The first-order valence-corrected chi connectivity index (χ1v) is 7.24. The van der Waals surface area contributed by atoms with Crippen molar-refractivity contribution in [3.63, 3.8) is 0 Å². The summed E-state index contributed by atoms with van der Waals surface area (Å²) in [5, 5.41) is 13.7. The minimum atomic E-state index is -0.984. The standard InChI is InChI=1S/C18H16ClNO/c1-18(21,10-13-6-8-15(19)9-7-13)17-12-20-11-14-4-2-3-5-16(14)17/h2-9,11-12,21H,10H2,1H3. The summed E-state index contributed by atoms with van der Waals surface area (Å²) in [4.78, 5) is 4.25. The summed E-state index contributed by atoms with van der Waals surface area (Å²) in [6, 6.07) is 15.5. The number of halogens is 1. The predicted molar refractivity (Wildman–Crippen MR) is 86.5 cm³/mol. The number of nitrogens with zero attached hydrogens (tertiary/aromatic N) is 1. The Hall–Kier alpha value is -1.90. The van der Waals surface area contributed by atoms with Crippen LogP contribution < -0.4 is 0 Å². The second-order valence-electron chi connectivity index (χ2n) is 5.49. The lowest BCUT2D eigenvalue weighted by Gasteiger charge is -2.25. The van der Waals surface area contributed by atoms with Gasteiger partial charge in [0.05, 0.1) is 5.60 Å². The highest BCUT2D eigenvalue weighted by Gasteiger charge is 2.26. The minimum Gasteiger partial charge on any atom is -0.385 e. The molecule has 0 spiro atoms. The molecule has 21 heavy (non-hydrogen) atoms. The van der Waals surface area contributed by atoms with E-state index in [0.717, 1.165) is 21.9 Å². The molecular weight excluding hydrogens is 282 g/mol. The highest BCUT2D eigenvalue weighted by Crippen LogP contribution is 2.30. The van der Waals surface area contributed by atoms with Gasteiger partial charge < -0.3 is 5.11 Å². The molecule has 0 saturated heterocycles. The van der Waals surface area contributed by atoms with Crippen LogP contribution in [-0.2, 0) is 12.0 Å². The van der Waals surface area contributed by atoms with Gasteiger partial charge in [-0.25, -0.2) is 0 Å². The molecule has 0 aliphatic heterocycles. The predicted octanol–water partition coefficient (Wildman–Crippen LogP) is 4.34. The molecule has 3 rings (SSSR count). The van der Waals surface area contributed by atoms with Gasteiger partial charge in [-0.05, 0) is 30.0 Å². The molecule has 0 fully saturated rings. The zero-order valence-electron chi connectivity index (χ0n) is 11.8. The lowest BCUT2D eigenvalue weighted by Crippen LogP contribution is -2.24. The fraction of sp³-hybridized carbons (Fsp3) is 0.167. The van der Waals surface area contributed by atoms with Crippen molar-refractivity contribution in [2.75, 3.05) is 0 Å². The number of hydrogen-bond acceptors (Lipinski definition) is 2. The Bertz CT molecular complexity index is 760. The first-order valence-electron chi connectivity index (χ1n) is 6.86. The quantitative estimate of drug-likeness (QED) is 0.780. The average Bonchev–Trinajstić information content (AvgIpc) is 2.49. The van der Waals surface area contributed by atoms with E-state index in [-0.39, 0.29) is 0 Å². The van der Waals surface area contributed by atoms with Gasteiger partial charge in [0.2, 0.25) is 0 Å². The van der Waals surface area contributed by atoms with Crippen molar-refractivity contribution in [3.8, 4) is 0 Å². The van der Waals surface area contributed by atoms with Crippen molar-refractivity contribution >= 4 is 22.4 Å². The molecule has 0 saturated carbocycles. The lowest BCUT2D eigenvalue weighted by molar-refractivity contribution is 0.0588. The molecule has 1 atom stereocenters. The van der Waals surface area contributed by atoms with E-state index in [1.807, 2.05) is 61.7 Å². The number of fused-ring (bicyclic) bond motifs is 1. The molecule has 1 unspecified atom stereocenters. The topological polar surface area (TPSA) is 33.1 Å². The van der Waals surface area contributed by atoms with Crippen LogP contribution in [-0.4, -0.2) is 10.1 Å². The van der Waals surface area contributed by atoms with Crippen molar-refractivity contribution in [1.29, 1.82) is 0 Å². The minimum absolute atomic E-state index is 0.514. The van der Waals surface area contributed by atoms with E-state index in [1.165, 1.54) is 0 Å². The summed E-state index contributed by atoms with van der Waals surface area (Å²) in [5.74, 6) is 0. The molecule has 1 heterocycles. The van der Waals surface area contributed by atoms with Gasteiger partial charge in [0.15, 0.2) is 0 Å². The molecule has 3 heteroatoms. The van der Waals surface area contributed by atoms with Gasteiger partial charge >= 0.3 is 0 Å². The summed E-state index contributed by atoms with van der Waals surface area (Å²) >= 11 is 5.91. The molecule has 0 bridgehead atoms. The number of aliphatic hydroxyl groups is 1. The van der Waals surface area contributed by atoms with Gasteiger partial charge in [-0.2, -0.15) is 0 Å². The molecule has 2 aromatic carbocycles. The van der Waals surface area contributed by atoms with Gasteiger partial charge in [0.25, 0.3) is 0 Å². The van der Waals surface area contributed by atoms with Gasteiger partial charge in [0.1, 0.15) is 0 Å². The number of aromatic nitrogens is 1. The smallest absolute Gasteiger partial charge is 0.0929 e. The van der Waals surface area contributed by atoms with E-state index in [9.17, 15) is 5.11 Å². The van der Waals surface area contributed by atoms with Crippen LogP contribution in [0.1, 0.15) is 18.1 Å². The number of rotatable bonds is 3. The van der Waals surface area contributed by atoms with E-state index in [0.29, 0.717) is 11.4 Å². The molecule has 2 nitrogen and oxygen atoms in total. The second kappa shape index (κ2) is 5.47. The Kier molecular flexibility index (Phi) is 3.66. The molecule has 0 aliphatic rings. The third-order valence-electron chi connectivity index (χ3n) is 3.71. The maximum absolute atomic E-state index is 10.9. The van der Waals surface area contributed by atoms with E-state index < -0.39 is 5.60 Å². The second-order valence-corrected chi connectivity index (χ2v) is 5.92. The van der Waals surface area contributed by atoms with E-state index >= 15 is 0 Å². The van der Waals surface area contributed by atoms with Crippen LogP contribution in [0.3, 0.4) is 0 Å². The van der Waals surface area contributed by atoms with Crippen molar-refractivity contribution in [1.82, 2.24) is 4.98 Å². The van der Waals surface area contributed by atoms with Crippen LogP contribution in [0.2, 0.25) is 5.02 Å². The molecule has 0 aliphatic carbocycles. The molecule has 1 N–H and O–H groups in total. The molecule has 1 aromatic heterocycles. The van der Waals surface area contributed by atoms with Crippen LogP contribution in [0.4, 0.5) is 0 Å². The van der Waals surface area contributed by atoms with Crippen LogP contribution in [0.25, 0.3) is 10.8 Å². The van der Waals surface area contributed by atoms with Crippen molar-refractivity contribution in [3.05, 3.63) is 77.1 Å². The van der Waals surface area contributed by atoms with Crippen molar-refractivity contribution in [2.24, 2.45) is 0 Å². The van der Waals surface area contributed by atoms with Gasteiger partial charge in [-0.1, -0.05) is 48.0 Å². The van der Waals surface area contributed by atoms with E-state index in [1.54, 1.807) is 6.20 Å². The molecule has 0 radical (unpaired) electrons. The summed E-state index contributed by atoms with van der Waals surface area (Å²) in [6.07, 6.45) is 4.08. The number of pyridine rings is 1. The third-order valence-corrected chi connectivity index (χ3v) is 3.96. The Morgan fingerprint density at radius 1 is 1.05 bits per heavy atom. The SMILES string of the molecule is CC(O)(Cc1ccc(Cl)cc1)c1cncc2ccccc12. The Balaban J connectivity index is 2.01. The molecular formula is C18H16ClNO. The monoisotopic (exact) mass is 297 g/mol. The van der Waals surface area contributed by atoms with E-state index in [2.05, 4.69) is 4.98 Å². The molecule has 106 valence electrons. The van der Waals surface area contributed by atoms with Crippen LogP contribution in [0.5, 0.6) is 0 Å². The van der Waals surface area contributed by atoms with Gasteiger partial charge in [0, 0.05) is 34.8 Å². The normalized spacial score (nSPS) is 14.0. The van der Waals surface area contributed by atoms with Crippen molar-refractivity contribution in [2.45, 2.75) is 18.9 Å². The first kappa shape index (κ1) is 14.1. The highest BCUT2D eigenvalue weighted by molar-refractivity contribution is 6.30. The summed E-state index contributed by atoms with van der Waals surface area (Å²) in [5.41, 5.74) is 0.898. The van der Waals surface area contributed by atoms with Crippen molar-refractivity contribution < 1.29 is 5.11 Å². The van der Waals surface area contributed by atoms with Gasteiger partial charge in [-0.15, -0.1) is 0 Å². The zero-order valence-corrected chi connectivity index (χ0v) is 12.5. The first-order chi connectivity index (χ1) is 10.1. The fourth-order valence-corrected chi connectivity index (χ4v) is 2.77. The summed E-state index contributed by atoms with van der Waals surface area (Å²) in [6.45, 7) is 1.82. The molecule has 0 amide bonds. The lowest BCUT2D eigenvalue weighted by atomic mass is 9.87. The van der Waals surface area contributed by atoms with Crippen LogP contribution in [0, 0.1) is 0 Å². The average molecular weight is 298 g/mol. The Labute approximate surface area is 129 Å². The number of benzene rings is 2. The summed E-state index contributed by atoms with van der Waals surface area (Å²) in [7, 11) is 0.